The monoisotopic (exact) mass is 522 g/mol. The summed E-state index contributed by atoms with van der Waals surface area (Å²) in [5, 5.41) is 1.55. The van der Waals surface area contributed by atoms with Crippen molar-refractivity contribution in [3.63, 3.8) is 0 Å². The van der Waals surface area contributed by atoms with E-state index in [1.54, 1.807) is 29.2 Å². The smallest absolute Gasteiger partial charge is 0.164 e. The van der Waals surface area contributed by atoms with Crippen LogP contribution < -0.4 is 4.90 Å². The number of hydrogen-bond acceptors (Lipinski definition) is 5. The molecule has 148 valence electrons. The topological polar surface area (TPSA) is 49.7 Å². The molecule has 2 aliphatic rings. The Morgan fingerprint density at radius 2 is 1.96 bits per heavy atom. The number of sulfone groups is 1. The van der Waals surface area contributed by atoms with Gasteiger partial charge in [-0.2, -0.15) is 0 Å². The second-order valence-corrected chi connectivity index (χ2v) is 11.5. The standard InChI is InChI=1S/C18H14BrCl2FN2O2S2/c19-11-2-4-16(14(22)6-11)24-17-9-28(25,26)8-15(17)23-18(24)27-7-10-1-3-12(20)13(21)5-10/h1-6,15,17H,7-9H2/t15-,17-/m1/s1. The molecule has 0 N–H and O–H groups in total. The lowest BCUT2D eigenvalue weighted by atomic mass is 10.1. The lowest BCUT2D eigenvalue weighted by molar-refractivity contribution is 0.600. The van der Waals surface area contributed by atoms with E-state index < -0.39 is 21.7 Å². The summed E-state index contributed by atoms with van der Waals surface area (Å²) in [4.78, 5) is 6.33. The van der Waals surface area contributed by atoms with Crippen LogP contribution in [0, 0.1) is 5.82 Å². The normalized spacial score (nSPS) is 23.0. The number of benzene rings is 2. The average molecular weight is 524 g/mol. The Kier molecular flexibility index (Phi) is 5.70. The molecule has 2 heterocycles. The van der Waals surface area contributed by atoms with Crippen molar-refractivity contribution in [3.05, 3.63) is 62.3 Å². The predicted octanol–water partition coefficient (Wildman–Crippen LogP) is 5.17. The Morgan fingerprint density at radius 1 is 1.18 bits per heavy atom. The number of amidine groups is 1. The zero-order chi connectivity index (χ0) is 20.1. The predicted molar refractivity (Wildman–Crippen MR) is 118 cm³/mol. The molecule has 0 spiro atoms. The summed E-state index contributed by atoms with van der Waals surface area (Å²) >= 11 is 16.7. The van der Waals surface area contributed by atoms with Crippen molar-refractivity contribution < 1.29 is 12.8 Å². The van der Waals surface area contributed by atoms with Crippen LogP contribution in [0.3, 0.4) is 0 Å². The molecule has 10 heteroatoms. The van der Waals surface area contributed by atoms with Crippen LogP contribution in [-0.2, 0) is 15.6 Å². The zero-order valence-corrected chi connectivity index (χ0v) is 19.0. The van der Waals surface area contributed by atoms with Gasteiger partial charge >= 0.3 is 0 Å². The lowest BCUT2D eigenvalue weighted by Crippen LogP contribution is -2.39. The average Bonchev–Trinajstić information content (AvgIpc) is 3.08. The fourth-order valence-electron chi connectivity index (χ4n) is 3.37. The molecular formula is C18H14BrCl2FN2O2S2. The van der Waals surface area contributed by atoms with E-state index in [-0.39, 0.29) is 17.5 Å². The maximum Gasteiger partial charge on any atom is 0.164 e. The highest BCUT2D eigenvalue weighted by Crippen LogP contribution is 2.38. The molecule has 2 aromatic carbocycles. The summed E-state index contributed by atoms with van der Waals surface area (Å²) in [7, 11) is -3.19. The quantitative estimate of drug-likeness (QED) is 0.556. The number of fused-ring (bicyclic) bond motifs is 1. The van der Waals surface area contributed by atoms with Crippen LogP contribution in [0.5, 0.6) is 0 Å². The molecule has 4 nitrogen and oxygen atoms in total. The van der Waals surface area contributed by atoms with Crippen molar-refractivity contribution in [2.24, 2.45) is 4.99 Å². The highest BCUT2D eigenvalue weighted by molar-refractivity contribution is 9.10. The molecule has 2 atom stereocenters. The molecule has 0 radical (unpaired) electrons. The van der Waals surface area contributed by atoms with E-state index in [4.69, 9.17) is 23.2 Å². The summed E-state index contributed by atoms with van der Waals surface area (Å²) in [6, 6.07) is 9.34. The Labute approximate surface area is 185 Å². The summed E-state index contributed by atoms with van der Waals surface area (Å²) in [6.45, 7) is 0. The van der Waals surface area contributed by atoms with Gasteiger partial charge in [0.2, 0.25) is 0 Å². The minimum Gasteiger partial charge on any atom is -0.312 e. The van der Waals surface area contributed by atoms with E-state index in [0.29, 0.717) is 31.1 Å². The van der Waals surface area contributed by atoms with E-state index in [1.165, 1.54) is 17.8 Å². The van der Waals surface area contributed by atoms with Gasteiger partial charge in [-0.15, -0.1) is 0 Å². The van der Waals surface area contributed by atoms with E-state index in [2.05, 4.69) is 20.9 Å². The van der Waals surface area contributed by atoms with Gasteiger partial charge in [-0.1, -0.05) is 57.0 Å². The van der Waals surface area contributed by atoms with Gasteiger partial charge in [0.05, 0.1) is 39.3 Å². The third-order valence-corrected chi connectivity index (χ3v) is 8.60. The second kappa shape index (κ2) is 7.80. The van der Waals surface area contributed by atoms with Gasteiger partial charge in [0.25, 0.3) is 0 Å². The van der Waals surface area contributed by atoms with Gasteiger partial charge in [0.1, 0.15) is 5.82 Å². The number of nitrogens with zero attached hydrogens (tertiary/aromatic N) is 2. The third-order valence-electron chi connectivity index (χ3n) is 4.63. The second-order valence-electron chi connectivity index (χ2n) is 6.63. The Balaban J connectivity index is 1.64. The van der Waals surface area contributed by atoms with Crippen molar-refractivity contribution in [1.82, 2.24) is 0 Å². The van der Waals surface area contributed by atoms with Crippen LogP contribution in [-0.4, -0.2) is 37.2 Å². The molecule has 0 unspecified atom stereocenters. The SMILES string of the molecule is O=S1(=O)C[C@@H]2[C@@H](C1)N=C(SCc1ccc(Cl)c(Cl)c1)N2c1ccc(Br)cc1F. The van der Waals surface area contributed by atoms with Crippen LogP contribution in [0.15, 0.2) is 45.9 Å². The summed E-state index contributed by atoms with van der Waals surface area (Å²) in [5.41, 5.74) is 1.27. The van der Waals surface area contributed by atoms with Crippen molar-refractivity contribution in [2.45, 2.75) is 17.8 Å². The summed E-state index contributed by atoms with van der Waals surface area (Å²) in [6.07, 6.45) is 0. The maximum atomic E-state index is 14.7. The fraction of sp³-hybridized carbons (Fsp3) is 0.278. The molecule has 2 aliphatic heterocycles. The van der Waals surface area contributed by atoms with E-state index in [1.807, 2.05) is 6.07 Å². The van der Waals surface area contributed by atoms with Crippen LogP contribution in [0.2, 0.25) is 10.0 Å². The molecule has 2 aromatic rings. The molecule has 0 aromatic heterocycles. The number of thioether (sulfide) groups is 1. The lowest BCUT2D eigenvalue weighted by Gasteiger charge is -2.27. The third kappa shape index (κ3) is 4.07. The summed E-state index contributed by atoms with van der Waals surface area (Å²) in [5.74, 6) is 0.0786. The molecule has 0 bridgehead atoms. The van der Waals surface area contributed by atoms with E-state index in [0.717, 1.165) is 5.56 Å². The highest BCUT2D eigenvalue weighted by atomic mass is 79.9. The first-order valence-electron chi connectivity index (χ1n) is 8.33. The first-order chi connectivity index (χ1) is 13.2. The number of rotatable bonds is 3. The Hall–Kier alpha value is -0.800. The first-order valence-corrected chi connectivity index (χ1v) is 12.7. The molecule has 1 saturated heterocycles. The summed E-state index contributed by atoms with van der Waals surface area (Å²) < 4.78 is 39.5. The Morgan fingerprint density at radius 3 is 2.68 bits per heavy atom. The van der Waals surface area contributed by atoms with Crippen molar-refractivity contribution in [2.75, 3.05) is 16.4 Å². The van der Waals surface area contributed by atoms with Gasteiger partial charge in [-0.3, -0.25) is 4.99 Å². The zero-order valence-electron chi connectivity index (χ0n) is 14.3. The Bertz CT molecular complexity index is 1080. The van der Waals surface area contributed by atoms with Crippen LogP contribution in [0.1, 0.15) is 5.56 Å². The van der Waals surface area contributed by atoms with Crippen LogP contribution in [0.4, 0.5) is 10.1 Å². The van der Waals surface area contributed by atoms with Gasteiger partial charge in [0, 0.05) is 10.2 Å². The minimum absolute atomic E-state index is 0.0108. The molecular weight excluding hydrogens is 510 g/mol. The molecule has 28 heavy (non-hydrogen) atoms. The van der Waals surface area contributed by atoms with E-state index in [9.17, 15) is 12.8 Å². The van der Waals surface area contributed by atoms with E-state index >= 15 is 0 Å². The number of aliphatic imine (C=N–C) groups is 1. The molecule has 1 fully saturated rings. The van der Waals surface area contributed by atoms with Crippen molar-refractivity contribution in [3.8, 4) is 0 Å². The van der Waals surface area contributed by atoms with Crippen molar-refractivity contribution in [1.29, 1.82) is 0 Å². The van der Waals surface area contributed by atoms with Gasteiger partial charge in [-0.05, 0) is 35.9 Å². The first kappa shape index (κ1) is 20.5. The molecule has 0 aliphatic carbocycles. The highest BCUT2D eigenvalue weighted by Gasteiger charge is 2.47. The number of halogens is 4. The molecule has 4 rings (SSSR count). The van der Waals surface area contributed by atoms with Gasteiger partial charge in [0.15, 0.2) is 15.0 Å². The van der Waals surface area contributed by atoms with Crippen LogP contribution in [0.25, 0.3) is 0 Å². The van der Waals surface area contributed by atoms with Gasteiger partial charge in [-0.25, -0.2) is 12.8 Å². The van der Waals surface area contributed by atoms with Crippen LogP contribution >= 0.6 is 50.9 Å². The maximum absolute atomic E-state index is 14.7. The van der Waals surface area contributed by atoms with Crippen molar-refractivity contribution >= 4 is 71.6 Å². The van der Waals surface area contributed by atoms with Gasteiger partial charge < -0.3 is 4.90 Å². The number of hydrogen-bond donors (Lipinski definition) is 0. The minimum atomic E-state index is -3.19. The molecule has 0 amide bonds. The largest absolute Gasteiger partial charge is 0.312 e. The fourth-order valence-corrected chi connectivity index (χ4v) is 6.93. The molecule has 0 saturated carbocycles. The number of anilines is 1.